The molecule has 4 N–H and O–H groups in total. The van der Waals surface area contributed by atoms with E-state index in [9.17, 15) is 4.79 Å². The lowest BCUT2D eigenvalue weighted by atomic mass is 10.1. The van der Waals surface area contributed by atoms with Gasteiger partial charge in [-0.15, -0.1) is 0 Å². The van der Waals surface area contributed by atoms with Crippen molar-refractivity contribution in [1.29, 1.82) is 0 Å². The van der Waals surface area contributed by atoms with Crippen molar-refractivity contribution in [3.05, 3.63) is 0 Å². The average Bonchev–Trinajstić information content (AvgIpc) is 1.99. The van der Waals surface area contributed by atoms with Crippen LogP contribution in [0.2, 0.25) is 0 Å². The van der Waals surface area contributed by atoms with Gasteiger partial charge in [0, 0.05) is 0 Å². The van der Waals surface area contributed by atoms with Crippen molar-refractivity contribution in [3.8, 4) is 0 Å². The van der Waals surface area contributed by atoms with Crippen LogP contribution in [0, 0.1) is 0 Å². The largest absolute Gasteiger partial charge is 0.550 e. The normalized spacial score (nSPS) is 13.1. The first-order valence-electron chi connectivity index (χ1n) is 4.94. The molecule has 7 nitrogen and oxygen atoms in total. The maximum atomic E-state index is 11.3. The van der Waals surface area contributed by atoms with Crippen LogP contribution < -0.4 is 11.7 Å². The second-order valence-corrected chi connectivity index (χ2v) is 5.43. The smallest absolute Gasteiger partial charge is 0.318 e. The van der Waals surface area contributed by atoms with Gasteiger partial charge >= 0.3 is 6.16 Å². The zero-order valence-corrected chi connectivity index (χ0v) is 10.8. The lowest BCUT2D eigenvalue weighted by Gasteiger charge is -2.31. The molecule has 96 valence electrons. The summed E-state index contributed by atoms with van der Waals surface area (Å²) in [6.07, 6.45) is -0.977. The number of hydroxylamine groups is 2. The number of hydrazine groups is 2. The first-order valence-corrected chi connectivity index (χ1v) is 4.94. The predicted octanol–water partition coefficient (Wildman–Crippen LogP) is 0.918. The molecule has 0 atom stereocenters. The van der Waals surface area contributed by atoms with Crippen LogP contribution in [0.3, 0.4) is 0 Å². The van der Waals surface area contributed by atoms with Crippen molar-refractivity contribution in [2.45, 2.75) is 52.6 Å². The van der Waals surface area contributed by atoms with Crippen LogP contribution in [0.4, 0.5) is 4.79 Å². The van der Waals surface area contributed by atoms with Gasteiger partial charge in [-0.05, 0) is 41.5 Å². The van der Waals surface area contributed by atoms with E-state index in [0.717, 1.165) is 10.3 Å². The summed E-state index contributed by atoms with van der Waals surface area (Å²) in [6.45, 7) is 10.7. The Morgan fingerprint density at radius 2 is 1.12 bits per heavy atom. The molecule has 0 aliphatic carbocycles. The molecule has 0 aliphatic heterocycles. The monoisotopic (exact) mass is 234 g/mol. The Morgan fingerprint density at radius 3 is 1.31 bits per heavy atom. The topological polar surface area (TPSA) is 94.0 Å². The molecule has 0 aliphatic rings. The van der Waals surface area contributed by atoms with E-state index in [1.807, 2.05) is 0 Å². The Kier molecular flexibility index (Phi) is 4.68. The highest BCUT2D eigenvalue weighted by Gasteiger charge is 2.27. The Balaban J connectivity index is 4.21. The predicted molar refractivity (Wildman–Crippen MR) is 59.1 cm³/mol. The molecule has 0 radical (unpaired) electrons. The van der Waals surface area contributed by atoms with E-state index in [1.54, 1.807) is 41.5 Å². The number of hydrogen-bond donors (Lipinski definition) is 2. The Morgan fingerprint density at radius 1 is 0.875 bits per heavy atom. The summed E-state index contributed by atoms with van der Waals surface area (Å²) in [5.41, 5.74) is -1.03. The summed E-state index contributed by atoms with van der Waals surface area (Å²) < 4.78 is 0. The van der Waals surface area contributed by atoms with Gasteiger partial charge in [0.2, 0.25) is 0 Å². The highest BCUT2D eigenvalue weighted by molar-refractivity contribution is 5.59. The second kappa shape index (κ2) is 4.96. The first-order chi connectivity index (χ1) is 6.94. The van der Waals surface area contributed by atoms with E-state index in [-0.39, 0.29) is 0 Å². The minimum atomic E-state index is -0.977. The lowest BCUT2D eigenvalue weighted by molar-refractivity contribution is -0.237. The third kappa shape index (κ3) is 5.26. The molecule has 0 aromatic carbocycles. The fourth-order valence-electron chi connectivity index (χ4n) is 0.451. The van der Waals surface area contributed by atoms with E-state index in [4.69, 9.17) is 21.4 Å². The quantitative estimate of drug-likeness (QED) is 0.542. The lowest BCUT2D eigenvalue weighted by Crippen LogP contribution is -2.51. The molecule has 7 heteroatoms. The van der Waals surface area contributed by atoms with Crippen molar-refractivity contribution in [1.82, 2.24) is 10.3 Å². The van der Waals surface area contributed by atoms with Crippen LogP contribution in [0.5, 0.6) is 0 Å². The van der Waals surface area contributed by atoms with Crippen molar-refractivity contribution in [2.24, 2.45) is 11.7 Å². The summed E-state index contributed by atoms with van der Waals surface area (Å²) in [6, 6.07) is 0. The van der Waals surface area contributed by atoms with Crippen LogP contribution >= 0.6 is 0 Å². The third-order valence-corrected chi connectivity index (χ3v) is 1.67. The van der Waals surface area contributed by atoms with Gasteiger partial charge in [-0.3, -0.25) is 0 Å². The minimum absolute atomic E-state index is 0.514. The summed E-state index contributed by atoms with van der Waals surface area (Å²) in [5, 5.41) is 1.82. The molecular formula is C9H22N4O3. The maximum Gasteiger partial charge on any atom is 0.550 e. The van der Waals surface area contributed by atoms with E-state index in [1.165, 1.54) is 0 Å². The molecule has 0 rings (SSSR count). The summed E-state index contributed by atoms with van der Waals surface area (Å²) in [5.74, 6) is 11.0. The SMILES string of the molecule is CC(C)(C)N(N)OC(=O)ON(N)C(C)(C)C. The number of carbonyl (C=O) groups excluding carboxylic acids is 1. The van der Waals surface area contributed by atoms with Crippen LogP contribution in [0.25, 0.3) is 0 Å². The van der Waals surface area contributed by atoms with E-state index < -0.39 is 17.2 Å². The maximum absolute atomic E-state index is 11.3. The van der Waals surface area contributed by atoms with Gasteiger partial charge in [0.15, 0.2) is 0 Å². The van der Waals surface area contributed by atoms with E-state index in [0.29, 0.717) is 0 Å². The van der Waals surface area contributed by atoms with Gasteiger partial charge < -0.3 is 9.68 Å². The fraction of sp³-hybridized carbons (Fsp3) is 0.889. The van der Waals surface area contributed by atoms with Crippen molar-refractivity contribution in [3.63, 3.8) is 0 Å². The minimum Gasteiger partial charge on any atom is -0.318 e. The third-order valence-electron chi connectivity index (χ3n) is 1.67. The average molecular weight is 234 g/mol. The van der Waals surface area contributed by atoms with E-state index >= 15 is 0 Å². The fourth-order valence-corrected chi connectivity index (χ4v) is 0.451. The van der Waals surface area contributed by atoms with Crippen molar-refractivity contribution in [2.75, 3.05) is 0 Å². The Bertz CT molecular complexity index is 220. The van der Waals surface area contributed by atoms with Crippen molar-refractivity contribution >= 4 is 6.16 Å². The molecule has 0 spiro atoms. The van der Waals surface area contributed by atoms with Gasteiger partial charge in [-0.2, -0.15) is 4.79 Å². The number of nitrogens with two attached hydrogens (primary N) is 2. The standard InChI is InChI=1S/C9H22N4O3/c1-8(2,3)12(10)15-7(14)16-13(11)9(4,5)6/h10-11H2,1-6H3. The summed E-state index contributed by atoms with van der Waals surface area (Å²) >= 11 is 0. The highest BCUT2D eigenvalue weighted by atomic mass is 16.9. The van der Waals surface area contributed by atoms with Gasteiger partial charge in [-0.1, -0.05) is 10.3 Å². The Labute approximate surface area is 96.1 Å². The van der Waals surface area contributed by atoms with Gasteiger partial charge in [-0.25, -0.2) is 11.7 Å². The second-order valence-electron chi connectivity index (χ2n) is 5.43. The molecule has 0 bridgehead atoms. The molecule has 16 heavy (non-hydrogen) atoms. The highest BCUT2D eigenvalue weighted by Crippen LogP contribution is 2.12. The van der Waals surface area contributed by atoms with Crippen LogP contribution in [0.15, 0.2) is 0 Å². The van der Waals surface area contributed by atoms with Crippen LogP contribution in [0.1, 0.15) is 41.5 Å². The first kappa shape index (κ1) is 15.1. The number of rotatable bonds is 2. The summed E-state index contributed by atoms with van der Waals surface area (Å²) in [7, 11) is 0. The molecular weight excluding hydrogens is 212 g/mol. The Hall–Kier alpha value is -0.890. The number of carbonyl (C=O) groups is 1. The van der Waals surface area contributed by atoms with E-state index in [2.05, 4.69) is 0 Å². The van der Waals surface area contributed by atoms with Crippen molar-refractivity contribution < 1.29 is 14.5 Å². The molecule has 0 fully saturated rings. The molecule has 0 heterocycles. The number of nitrogens with zero attached hydrogens (tertiary/aromatic N) is 2. The zero-order valence-electron chi connectivity index (χ0n) is 10.8. The molecule has 0 aromatic heterocycles. The van der Waals surface area contributed by atoms with Gasteiger partial charge in [0.1, 0.15) is 0 Å². The molecule has 0 unspecified atom stereocenters. The molecule has 0 aromatic rings. The molecule has 0 saturated carbocycles. The molecule has 0 saturated heterocycles. The number of hydrogen-bond acceptors (Lipinski definition) is 7. The van der Waals surface area contributed by atoms with Crippen LogP contribution in [-0.2, 0) is 9.68 Å². The summed E-state index contributed by atoms with van der Waals surface area (Å²) in [4.78, 5) is 20.7. The zero-order chi connectivity index (χ0) is 13.1. The van der Waals surface area contributed by atoms with Gasteiger partial charge in [0.25, 0.3) is 0 Å². The van der Waals surface area contributed by atoms with Gasteiger partial charge in [0.05, 0.1) is 11.1 Å². The van der Waals surface area contributed by atoms with Crippen LogP contribution in [-0.4, -0.2) is 27.6 Å². The molecule has 0 amide bonds.